The molecule has 0 aromatic carbocycles. The molecule has 2 heterocycles. The van der Waals surface area contributed by atoms with E-state index in [9.17, 15) is 8.42 Å². The van der Waals surface area contributed by atoms with Gasteiger partial charge in [-0.05, 0) is 39.3 Å². The van der Waals surface area contributed by atoms with E-state index in [4.69, 9.17) is 0 Å². The number of hydrogen-bond acceptors (Lipinski definition) is 4. The molecule has 0 aromatic heterocycles. The molecule has 136 valence electrons. The van der Waals surface area contributed by atoms with Crippen molar-refractivity contribution < 1.29 is 8.42 Å². The molecule has 1 atom stereocenters. The van der Waals surface area contributed by atoms with Gasteiger partial charge in [-0.1, -0.05) is 6.92 Å². The first-order chi connectivity index (χ1) is 10.3. The second-order valence-electron chi connectivity index (χ2n) is 6.98. The van der Waals surface area contributed by atoms with E-state index < -0.39 is 14.6 Å². The Balaban J connectivity index is 0.00000264. The number of hydrogen-bond donors (Lipinski definition) is 1. The molecule has 0 spiro atoms. The molecule has 6 nitrogen and oxygen atoms in total. The van der Waals surface area contributed by atoms with E-state index >= 15 is 0 Å². The quantitative estimate of drug-likeness (QED) is 0.389. The van der Waals surface area contributed by atoms with Crippen LogP contribution < -0.4 is 5.32 Å². The van der Waals surface area contributed by atoms with Crippen molar-refractivity contribution in [3.8, 4) is 0 Å². The molecule has 2 aliphatic heterocycles. The monoisotopic (exact) mass is 458 g/mol. The maximum Gasteiger partial charge on any atom is 0.193 e. The first-order valence-electron chi connectivity index (χ1n) is 8.19. The van der Waals surface area contributed by atoms with Gasteiger partial charge >= 0.3 is 0 Å². The summed E-state index contributed by atoms with van der Waals surface area (Å²) in [5, 5.41) is 3.45. The van der Waals surface area contributed by atoms with Crippen molar-refractivity contribution in [2.24, 2.45) is 10.9 Å². The molecule has 0 radical (unpaired) electrons. The van der Waals surface area contributed by atoms with E-state index in [1.807, 2.05) is 0 Å². The number of nitrogens with one attached hydrogen (secondary N) is 1. The molecule has 0 amide bonds. The zero-order chi connectivity index (χ0) is 16.4. The Morgan fingerprint density at radius 1 is 1.35 bits per heavy atom. The molecule has 8 heteroatoms. The van der Waals surface area contributed by atoms with E-state index in [1.54, 1.807) is 20.9 Å². The first kappa shape index (κ1) is 21.0. The Labute approximate surface area is 158 Å². The van der Waals surface area contributed by atoms with Crippen LogP contribution in [0.2, 0.25) is 0 Å². The van der Waals surface area contributed by atoms with Gasteiger partial charge in [-0.2, -0.15) is 0 Å². The highest BCUT2D eigenvalue weighted by Crippen LogP contribution is 2.23. The van der Waals surface area contributed by atoms with Crippen LogP contribution in [0.5, 0.6) is 0 Å². The highest BCUT2D eigenvalue weighted by Gasteiger charge is 2.41. The molecule has 23 heavy (non-hydrogen) atoms. The Hall–Kier alpha value is -0.0900. The van der Waals surface area contributed by atoms with E-state index in [0.717, 1.165) is 25.6 Å². The number of rotatable bonds is 3. The van der Waals surface area contributed by atoms with Gasteiger partial charge in [0.2, 0.25) is 0 Å². The predicted octanol–water partition coefficient (Wildman–Crippen LogP) is 1.03. The largest absolute Gasteiger partial charge is 0.356 e. The van der Waals surface area contributed by atoms with Crippen molar-refractivity contribution in [1.29, 1.82) is 0 Å². The molecule has 1 unspecified atom stereocenters. The average Bonchev–Trinajstić information content (AvgIpc) is 2.91. The maximum absolute atomic E-state index is 12.1. The molecule has 0 bridgehead atoms. The highest BCUT2D eigenvalue weighted by atomic mass is 127. The standard InChI is InChI=1S/C15H30N4O2S.HI/c1-5-18-7-6-13(11-18)10-17-14(16-4)19-8-9-22(20,21)15(2,3)12-19;/h13H,5-12H2,1-4H3,(H,16,17);1H. The van der Waals surface area contributed by atoms with Crippen molar-refractivity contribution in [3.63, 3.8) is 0 Å². The van der Waals surface area contributed by atoms with Crippen LogP contribution in [-0.4, -0.2) is 81.0 Å². The Kier molecular flexibility index (Phi) is 7.59. The van der Waals surface area contributed by atoms with Crippen molar-refractivity contribution >= 4 is 39.8 Å². The molecular weight excluding hydrogens is 427 g/mol. The van der Waals surface area contributed by atoms with Crippen LogP contribution in [0.3, 0.4) is 0 Å². The fraction of sp³-hybridized carbons (Fsp3) is 0.933. The lowest BCUT2D eigenvalue weighted by molar-refractivity contribution is 0.335. The molecular formula is C15H31IN4O2S. The molecule has 2 saturated heterocycles. The van der Waals surface area contributed by atoms with Crippen LogP contribution >= 0.6 is 24.0 Å². The summed E-state index contributed by atoms with van der Waals surface area (Å²) in [5.41, 5.74) is 0. The summed E-state index contributed by atoms with van der Waals surface area (Å²) in [6.07, 6.45) is 1.22. The zero-order valence-electron chi connectivity index (χ0n) is 14.7. The fourth-order valence-corrected chi connectivity index (χ4v) is 4.62. The SMILES string of the molecule is CCN1CCC(CNC(=NC)N2CCS(=O)(=O)C(C)(C)C2)C1.I. The minimum atomic E-state index is -3.01. The van der Waals surface area contributed by atoms with E-state index in [-0.39, 0.29) is 29.7 Å². The van der Waals surface area contributed by atoms with Crippen molar-refractivity contribution in [2.75, 3.05) is 52.1 Å². The van der Waals surface area contributed by atoms with Gasteiger partial charge in [0.15, 0.2) is 15.8 Å². The van der Waals surface area contributed by atoms with Crippen LogP contribution in [0.4, 0.5) is 0 Å². The summed E-state index contributed by atoms with van der Waals surface area (Å²) < 4.78 is 23.5. The van der Waals surface area contributed by atoms with E-state index in [0.29, 0.717) is 19.0 Å². The van der Waals surface area contributed by atoms with Gasteiger partial charge in [0.05, 0.1) is 10.5 Å². The minimum absolute atomic E-state index is 0. The van der Waals surface area contributed by atoms with Gasteiger partial charge in [0.1, 0.15) is 0 Å². The molecule has 2 rings (SSSR count). The summed E-state index contributed by atoms with van der Waals surface area (Å²) in [5.74, 6) is 1.68. The first-order valence-corrected chi connectivity index (χ1v) is 9.84. The van der Waals surface area contributed by atoms with Crippen molar-refractivity contribution in [3.05, 3.63) is 0 Å². The summed E-state index contributed by atoms with van der Waals surface area (Å²) in [6, 6.07) is 0. The van der Waals surface area contributed by atoms with Crippen LogP contribution in [0.1, 0.15) is 27.2 Å². The summed E-state index contributed by atoms with van der Waals surface area (Å²) in [7, 11) is -1.24. The Bertz CT molecular complexity index is 522. The van der Waals surface area contributed by atoms with E-state index in [1.165, 1.54) is 13.0 Å². The van der Waals surface area contributed by atoms with E-state index in [2.05, 4.69) is 27.0 Å². The van der Waals surface area contributed by atoms with Crippen LogP contribution in [0.15, 0.2) is 4.99 Å². The third-order valence-corrected chi connectivity index (χ3v) is 7.45. The lowest BCUT2D eigenvalue weighted by Gasteiger charge is -2.39. The van der Waals surface area contributed by atoms with Gasteiger partial charge in [-0.25, -0.2) is 8.42 Å². The topological polar surface area (TPSA) is 65.0 Å². The lowest BCUT2D eigenvalue weighted by Crippen LogP contribution is -2.57. The van der Waals surface area contributed by atoms with Gasteiger partial charge < -0.3 is 15.1 Å². The molecule has 2 fully saturated rings. The third-order valence-electron chi connectivity index (χ3n) is 4.92. The fourth-order valence-electron chi connectivity index (χ4n) is 3.26. The number of aliphatic imine (C=N–C) groups is 1. The Morgan fingerprint density at radius 3 is 2.57 bits per heavy atom. The van der Waals surface area contributed by atoms with Gasteiger partial charge in [0, 0.05) is 33.2 Å². The van der Waals surface area contributed by atoms with Gasteiger partial charge in [-0.3, -0.25) is 4.99 Å². The van der Waals surface area contributed by atoms with Gasteiger partial charge in [-0.15, -0.1) is 24.0 Å². The third kappa shape index (κ3) is 4.94. The number of halogens is 1. The maximum atomic E-state index is 12.1. The predicted molar refractivity (Wildman–Crippen MR) is 106 cm³/mol. The number of guanidine groups is 1. The molecule has 2 aliphatic rings. The summed E-state index contributed by atoms with van der Waals surface area (Å²) in [4.78, 5) is 8.89. The molecule has 0 aliphatic carbocycles. The zero-order valence-corrected chi connectivity index (χ0v) is 17.9. The number of likely N-dealkylation sites (tertiary alicyclic amines) is 1. The molecule has 0 saturated carbocycles. The normalized spacial score (nSPS) is 27.6. The number of sulfone groups is 1. The number of nitrogens with zero attached hydrogens (tertiary/aromatic N) is 3. The van der Waals surface area contributed by atoms with Crippen molar-refractivity contribution in [2.45, 2.75) is 31.9 Å². The molecule has 1 N–H and O–H groups in total. The second kappa shape index (κ2) is 8.33. The summed E-state index contributed by atoms with van der Waals surface area (Å²) in [6.45, 7) is 11.2. The Morgan fingerprint density at radius 2 is 2.04 bits per heavy atom. The van der Waals surface area contributed by atoms with Gasteiger partial charge in [0.25, 0.3) is 0 Å². The lowest BCUT2D eigenvalue weighted by atomic mass is 10.1. The van der Waals surface area contributed by atoms with Crippen LogP contribution in [0.25, 0.3) is 0 Å². The smallest absolute Gasteiger partial charge is 0.193 e. The summed E-state index contributed by atoms with van der Waals surface area (Å²) >= 11 is 0. The van der Waals surface area contributed by atoms with Crippen LogP contribution in [0, 0.1) is 5.92 Å². The van der Waals surface area contributed by atoms with Crippen molar-refractivity contribution in [1.82, 2.24) is 15.1 Å². The molecule has 0 aromatic rings. The average molecular weight is 458 g/mol. The highest BCUT2D eigenvalue weighted by molar-refractivity contribution is 14.0. The minimum Gasteiger partial charge on any atom is -0.356 e. The second-order valence-corrected chi connectivity index (χ2v) is 9.72. The van der Waals surface area contributed by atoms with Crippen LogP contribution in [-0.2, 0) is 9.84 Å².